The van der Waals surface area contributed by atoms with Crippen LogP contribution < -0.4 is 0 Å². The Morgan fingerprint density at radius 3 is 2.89 bits per heavy atom. The number of aromatic nitrogens is 3. The average Bonchev–Trinajstić information content (AvgIpc) is 2.70. The number of hydrogen-bond acceptors (Lipinski definition) is 5. The summed E-state index contributed by atoms with van der Waals surface area (Å²) in [6, 6.07) is 0. The van der Waals surface area contributed by atoms with Crippen LogP contribution in [0, 0.1) is 12.8 Å². The topological polar surface area (TPSA) is 60.2 Å². The molecule has 6 nitrogen and oxygen atoms in total. The number of likely N-dealkylation sites (tertiary alicyclic amines) is 1. The first-order valence-electron chi connectivity index (χ1n) is 6.27. The van der Waals surface area contributed by atoms with Crippen molar-refractivity contribution in [3.63, 3.8) is 0 Å². The van der Waals surface area contributed by atoms with Crippen LogP contribution in [0.1, 0.15) is 24.5 Å². The van der Waals surface area contributed by atoms with E-state index in [2.05, 4.69) is 15.1 Å². The Bertz CT molecular complexity index is 430. The number of carbonyl (C=O) groups is 1. The van der Waals surface area contributed by atoms with Crippen LogP contribution in [0.4, 0.5) is 0 Å². The Balaban J connectivity index is 1.97. The molecular weight excluding hydrogens is 232 g/mol. The van der Waals surface area contributed by atoms with Gasteiger partial charge in [0, 0.05) is 13.6 Å². The number of carbonyl (C=O) groups excluding carboxylic acids is 1. The van der Waals surface area contributed by atoms with Crippen LogP contribution >= 0.6 is 0 Å². The summed E-state index contributed by atoms with van der Waals surface area (Å²) in [6.45, 7) is 4.42. The zero-order chi connectivity index (χ0) is 13.1. The van der Waals surface area contributed by atoms with Gasteiger partial charge in [-0.05, 0) is 26.3 Å². The Kier molecular flexibility index (Phi) is 3.96. The summed E-state index contributed by atoms with van der Waals surface area (Å²) in [7, 11) is 3.42. The van der Waals surface area contributed by atoms with Gasteiger partial charge in [0.1, 0.15) is 11.6 Å². The number of aryl methyl sites for hydroxylation is 1. The molecule has 1 aromatic rings. The van der Waals surface area contributed by atoms with Crippen molar-refractivity contribution in [1.82, 2.24) is 19.7 Å². The summed E-state index contributed by atoms with van der Waals surface area (Å²) < 4.78 is 6.81. The normalized spacial score (nSPS) is 20.9. The molecule has 100 valence electrons. The van der Waals surface area contributed by atoms with Crippen LogP contribution in [0.25, 0.3) is 0 Å². The molecule has 1 atom stereocenters. The molecule has 1 unspecified atom stereocenters. The molecule has 2 heterocycles. The van der Waals surface area contributed by atoms with Gasteiger partial charge in [-0.3, -0.25) is 9.69 Å². The number of methoxy groups -OCH3 is 1. The largest absolute Gasteiger partial charge is 0.469 e. The van der Waals surface area contributed by atoms with Gasteiger partial charge in [0.2, 0.25) is 0 Å². The predicted octanol–water partition coefficient (Wildman–Crippen LogP) is 0.509. The van der Waals surface area contributed by atoms with Crippen molar-refractivity contribution < 1.29 is 9.53 Å². The van der Waals surface area contributed by atoms with E-state index in [0.717, 1.165) is 44.1 Å². The van der Waals surface area contributed by atoms with Crippen LogP contribution in [0.5, 0.6) is 0 Å². The number of hydrogen-bond donors (Lipinski definition) is 0. The zero-order valence-corrected chi connectivity index (χ0v) is 11.2. The molecule has 2 rings (SSSR count). The highest BCUT2D eigenvalue weighted by Gasteiger charge is 2.27. The molecule has 0 spiro atoms. The predicted molar refractivity (Wildman–Crippen MR) is 65.8 cm³/mol. The van der Waals surface area contributed by atoms with Crippen molar-refractivity contribution in [3.05, 3.63) is 11.6 Å². The number of ether oxygens (including phenoxy) is 1. The van der Waals surface area contributed by atoms with Gasteiger partial charge >= 0.3 is 5.97 Å². The summed E-state index contributed by atoms with van der Waals surface area (Å²) in [5, 5.41) is 8.20. The minimum Gasteiger partial charge on any atom is -0.469 e. The summed E-state index contributed by atoms with van der Waals surface area (Å²) in [5.41, 5.74) is 0. The molecule has 0 aliphatic carbocycles. The van der Waals surface area contributed by atoms with Crippen LogP contribution in [0.15, 0.2) is 0 Å². The van der Waals surface area contributed by atoms with Gasteiger partial charge in [0.15, 0.2) is 0 Å². The van der Waals surface area contributed by atoms with E-state index in [0.29, 0.717) is 0 Å². The van der Waals surface area contributed by atoms with E-state index in [1.54, 1.807) is 0 Å². The summed E-state index contributed by atoms with van der Waals surface area (Å²) in [6.07, 6.45) is 1.94. The lowest BCUT2D eigenvalue weighted by molar-refractivity contribution is -0.147. The maximum atomic E-state index is 11.6. The highest BCUT2D eigenvalue weighted by Crippen LogP contribution is 2.19. The van der Waals surface area contributed by atoms with Gasteiger partial charge in [-0.2, -0.15) is 0 Å². The molecule has 0 radical (unpaired) electrons. The van der Waals surface area contributed by atoms with Crippen LogP contribution in [-0.4, -0.2) is 45.8 Å². The lowest BCUT2D eigenvalue weighted by atomic mass is 9.98. The van der Waals surface area contributed by atoms with Crippen molar-refractivity contribution in [1.29, 1.82) is 0 Å². The minimum absolute atomic E-state index is 0.00178. The van der Waals surface area contributed by atoms with Gasteiger partial charge < -0.3 is 9.30 Å². The second-order valence-corrected chi connectivity index (χ2v) is 4.82. The fourth-order valence-corrected chi connectivity index (χ4v) is 2.35. The van der Waals surface area contributed by atoms with Gasteiger partial charge in [0.05, 0.1) is 19.6 Å². The van der Waals surface area contributed by atoms with Crippen LogP contribution in [-0.2, 0) is 23.1 Å². The molecule has 0 N–H and O–H groups in total. The highest BCUT2D eigenvalue weighted by atomic mass is 16.5. The van der Waals surface area contributed by atoms with E-state index in [9.17, 15) is 4.79 Å². The number of rotatable bonds is 3. The van der Waals surface area contributed by atoms with Crippen molar-refractivity contribution in [2.45, 2.75) is 26.3 Å². The standard InChI is InChI=1S/C12H20N4O2/c1-9-13-14-11(15(9)2)8-16-6-4-5-10(7-16)12(17)18-3/h10H,4-8H2,1-3H3. The average molecular weight is 252 g/mol. The third-order valence-electron chi connectivity index (χ3n) is 3.59. The molecule has 1 aliphatic rings. The van der Waals surface area contributed by atoms with Gasteiger partial charge in [0.25, 0.3) is 0 Å². The number of piperidine rings is 1. The van der Waals surface area contributed by atoms with E-state index >= 15 is 0 Å². The Hall–Kier alpha value is -1.43. The molecule has 0 saturated carbocycles. The lowest BCUT2D eigenvalue weighted by Gasteiger charge is -2.30. The van der Waals surface area contributed by atoms with Gasteiger partial charge in [-0.1, -0.05) is 0 Å². The maximum absolute atomic E-state index is 11.6. The lowest BCUT2D eigenvalue weighted by Crippen LogP contribution is -2.39. The number of esters is 1. The Labute approximate surface area is 107 Å². The van der Waals surface area contributed by atoms with Crippen molar-refractivity contribution in [2.24, 2.45) is 13.0 Å². The molecule has 0 amide bonds. The van der Waals surface area contributed by atoms with E-state index in [4.69, 9.17) is 4.74 Å². The van der Waals surface area contributed by atoms with E-state index in [1.165, 1.54) is 7.11 Å². The van der Waals surface area contributed by atoms with Crippen molar-refractivity contribution in [3.8, 4) is 0 Å². The molecule has 6 heteroatoms. The maximum Gasteiger partial charge on any atom is 0.309 e. The summed E-state index contributed by atoms with van der Waals surface area (Å²) in [5.74, 6) is 1.75. The van der Waals surface area contributed by atoms with Crippen LogP contribution in [0.2, 0.25) is 0 Å². The first kappa shape index (κ1) is 13.0. The zero-order valence-electron chi connectivity index (χ0n) is 11.2. The smallest absolute Gasteiger partial charge is 0.309 e. The van der Waals surface area contributed by atoms with Crippen LogP contribution in [0.3, 0.4) is 0 Å². The van der Waals surface area contributed by atoms with E-state index < -0.39 is 0 Å². The second-order valence-electron chi connectivity index (χ2n) is 4.82. The molecule has 1 aliphatic heterocycles. The third-order valence-corrected chi connectivity index (χ3v) is 3.59. The molecular formula is C12H20N4O2. The van der Waals surface area contributed by atoms with Gasteiger partial charge in [-0.15, -0.1) is 10.2 Å². The van der Waals surface area contributed by atoms with E-state index in [-0.39, 0.29) is 11.9 Å². The fraction of sp³-hybridized carbons (Fsp3) is 0.750. The third kappa shape index (κ3) is 2.69. The molecule has 0 bridgehead atoms. The summed E-state index contributed by atoms with van der Waals surface area (Å²) in [4.78, 5) is 13.8. The molecule has 1 fully saturated rings. The van der Waals surface area contributed by atoms with Crippen molar-refractivity contribution in [2.75, 3.05) is 20.2 Å². The molecule has 1 saturated heterocycles. The molecule has 0 aromatic carbocycles. The monoisotopic (exact) mass is 252 g/mol. The molecule has 18 heavy (non-hydrogen) atoms. The Morgan fingerprint density at radius 1 is 1.50 bits per heavy atom. The first-order chi connectivity index (χ1) is 8.61. The first-order valence-corrected chi connectivity index (χ1v) is 6.27. The summed E-state index contributed by atoms with van der Waals surface area (Å²) >= 11 is 0. The van der Waals surface area contributed by atoms with Gasteiger partial charge in [-0.25, -0.2) is 0 Å². The molecule has 1 aromatic heterocycles. The minimum atomic E-state index is -0.103. The van der Waals surface area contributed by atoms with E-state index in [1.807, 2.05) is 18.5 Å². The number of nitrogens with zero attached hydrogens (tertiary/aromatic N) is 4. The Morgan fingerprint density at radius 2 is 2.28 bits per heavy atom. The quantitative estimate of drug-likeness (QED) is 0.733. The second kappa shape index (κ2) is 5.48. The highest BCUT2D eigenvalue weighted by molar-refractivity contribution is 5.72. The fourth-order valence-electron chi connectivity index (χ4n) is 2.35. The van der Waals surface area contributed by atoms with Crippen molar-refractivity contribution >= 4 is 5.97 Å². The SMILES string of the molecule is COC(=O)C1CCCN(Cc2nnc(C)n2C)C1.